The lowest BCUT2D eigenvalue weighted by molar-refractivity contribution is -0.136. The lowest BCUT2D eigenvalue weighted by Gasteiger charge is -2.22. The number of halogens is 1. The van der Waals surface area contributed by atoms with Crippen LogP contribution in [0.1, 0.15) is 25.5 Å². The minimum atomic E-state index is -0.773. The number of hydrogen-bond acceptors (Lipinski definition) is 4. The summed E-state index contributed by atoms with van der Waals surface area (Å²) in [6, 6.07) is 8.58. The molecule has 1 aromatic carbocycles. The highest BCUT2D eigenvalue weighted by Crippen LogP contribution is 2.23. The zero-order chi connectivity index (χ0) is 18.7. The molecule has 0 radical (unpaired) electrons. The van der Waals surface area contributed by atoms with Crippen LogP contribution in [0.15, 0.2) is 48.9 Å². The zero-order valence-corrected chi connectivity index (χ0v) is 15.1. The third-order valence-electron chi connectivity index (χ3n) is 3.92. The maximum absolute atomic E-state index is 12.4. The van der Waals surface area contributed by atoms with Gasteiger partial charge in [0.2, 0.25) is 0 Å². The Hall–Kier alpha value is -2.93. The molecule has 2 amide bonds. The van der Waals surface area contributed by atoms with Crippen molar-refractivity contribution in [3.63, 3.8) is 0 Å². The molecule has 1 atom stereocenters. The van der Waals surface area contributed by atoms with E-state index in [1.807, 2.05) is 26.0 Å². The standard InChI is InChI=1S/C18H18ClN5O2/c1-11(2)15(12-4-6-13(19)7-5-12)23-18(26)17(25)22-14-10-21-24-9-3-8-20-16(14)24/h3-11,15H,1-2H3,(H,22,25)(H,23,26). The number of rotatable bonds is 4. The highest BCUT2D eigenvalue weighted by atomic mass is 35.5. The van der Waals surface area contributed by atoms with E-state index in [1.54, 1.807) is 30.6 Å². The summed E-state index contributed by atoms with van der Waals surface area (Å²) in [6.07, 6.45) is 4.74. The molecule has 2 N–H and O–H groups in total. The number of amides is 2. The van der Waals surface area contributed by atoms with Gasteiger partial charge in [0, 0.05) is 17.4 Å². The van der Waals surface area contributed by atoms with E-state index in [0.29, 0.717) is 16.4 Å². The summed E-state index contributed by atoms with van der Waals surface area (Å²) in [5.74, 6) is -1.41. The van der Waals surface area contributed by atoms with Crippen LogP contribution in [0.5, 0.6) is 0 Å². The first kappa shape index (κ1) is 17.9. The van der Waals surface area contributed by atoms with Gasteiger partial charge in [-0.3, -0.25) is 9.59 Å². The van der Waals surface area contributed by atoms with Crippen molar-refractivity contribution in [2.24, 2.45) is 5.92 Å². The van der Waals surface area contributed by atoms with Crippen molar-refractivity contribution < 1.29 is 9.59 Å². The number of nitrogens with zero attached hydrogens (tertiary/aromatic N) is 3. The molecule has 1 unspecified atom stereocenters. The topological polar surface area (TPSA) is 88.4 Å². The number of fused-ring (bicyclic) bond motifs is 1. The monoisotopic (exact) mass is 371 g/mol. The molecule has 8 heteroatoms. The van der Waals surface area contributed by atoms with Gasteiger partial charge >= 0.3 is 11.8 Å². The summed E-state index contributed by atoms with van der Waals surface area (Å²) < 4.78 is 1.51. The average molecular weight is 372 g/mol. The number of aromatic nitrogens is 3. The van der Waals surface area contributed by atoms with Crippen LogP contribution in [0.25, 0.3) is 5.65 Å². The summed E-state index contributed by atoms with van der Waals surface area (Å²) in [6.45, 7) is 3.93. The Kier molecular flexibility index (Phi) is 5.18. The summed E-state index contributed by atoms with van der Waals surface area (Å²) in [7, 11) is 0. The molecule has 2 aromatic heterocycles. The molecular weight excluding hydrogens is 354 g/mol. The van der Waals surface area contributed by atoms with Crippen LogP contribution in [0.4, 0.5) is 5.69 Å². The number of nitrogens with one attached hydrogen (secondary N) is 2. The average Bonchev–Trinajstić information content (AvgIpc) is 3.03. The largest absolute Gasteiger partial charge is 0.341 e. The second kappa shape index (κ2) is 7.53. The van der Waals surface area contributed by atoms with E-state index in [-0.39, 0.29) is 12.0 Å². The molecular formula is C18H18ClN5O2. The van der Waals surface area contributed by atoms with E-state index < -0.39 is 11.8 Å². The number of hydrogen-bond donors (Lipinski definition) is 2. The maximum Gasteiger partial charge on any atom is 0.313 e. The van der Waals surface area contributed by atoms with Crippen LogP contribution in [0, 0.1) is 5.92 Å². The highest BCUT2D eigenvalue weighted by molar-refractivity contribution is 6.40. The molecule has 0 spiro atoms. The Morgan fingerprint density at radius 1 is 1.15 bits per heavy atom. The number of carbonyl (C=O) groups is 2. The molecule has 2 heterocycles. The molecule has 0 saturated carbocycles. The molecule has 7 nitrogen and oxygen atoms in total. The molecule has 0 bridgehead atoms. The Balaban J connectivity index is 1.73. The second-order valence-electron chi connectivity index (χ2n) is 6.15. The third-order valence-corrected chi connectivity index (χ3v) is 4.17. The molecule has 0 saturated heterocycles. The van der Waals surface area contributed by atoms with Gasteiger partial charge in [-0.05, 0) is 29.7 Å². The van der Waals surface area contributed by atoms with E-state index in [4.69, 9.17) is 11.6 Å². The Bertz CT molecular complexity index is 936. The summed E-state index contributed by atoms with van der Waals surface area (Å²) in [4.78, 5) is 28.8. The third kappa shape index (κ3) is 3.83. The van der Waals surface area contributed by atoms with Gasteiger partial charge in [0.25, 0.3) is 0 Å². The first-order valence-corrected chi connectivity index (χ1v) is 8.49. The first-order valence-electron chi connectivity index (χ1n) is 8.11. The predicted molar refractivity (Wildman–Crippen MR) is 98.8 cm³/mol. The van der Waals surface area contributed by atoms with Gasteiger partial charge < -0.3 is 10.6 Å². The van der Waals surface area contributed by atoms with Gasteiger partial charge in [0.05, 0.1) is 12.2 Å². The highest BCUT2D eigenvalue weighted by Gasteiger charge is 2.23. The maximum atomic E-state index is 12.4. The molecule has 0 aliphatic heterocycles. The van der Waals surface area contributed by atoms with Crippen molar-refractivity contribution in [3.8, 4) is 0 Å². The van der Waals surface area contributed by atoms with E-state index in [2.05, 4.69) is 20.7 Å². The molecule has 0 aliphatic rings. The van der Waals surface area contributed by atoms with Gasteiger partial charge in [0.1, 0.15) is 5.69 Å². The van der Waals surface area contributed by atoms with Crippen LogP contribution < -0.4 is 10.6 Å². The Morgan fingerprint density at radius 2 is 1.88 bits per heavy atom. The van der Waals surface area contributed by atoms with Crippen LogP contribution in [-0.2, 0) is 9.59 Å². The molecule has 3 rings (SSSR count). The fourth-order valence-corrected chi connectivity index (χ4v) is 2.73. The lowest BCUT2D eigenvalue weighted by atomic mass is 9.96. The van der Waals surface area contributed by atoms with Crippen LogP contribution in [0.2, 0.25) is 5.02 Å². The Morgan fingerprint density at radius 3 is 2.58 bits per heavy atom. The smallest absolute Gasteiger partial charge is 0.313 e. The van der Waals surface area contributed by atoms with Crippen LogP contribution in [-0.4, -0.2) is 26.4 Å². The first-order chi connectivity index (χ1) is 12.5. The molecule has 134 valence electrons. The quantitative estimate of drug-likeness (QED) is 0.690. The lowest BCUT2D eigenvalue weighted by Crippen LogP contribution is -2.39. The van der Waals surface area contributed by atoms with Crippen molar-refractivity contribution >= 4 is 34.7 Å². The Labute approximate surface area is 155 Å². The minimum Gasteiger partial charge on any atom is -0.341 e. The zero-order valence-electron chi connectivity index (χ0n) is 14.3. The van der Waals surface area contributed by atoms with Crippen LogP contribution >= 0.6 is 11.6 Å². The van der Waals surface area contributed by atoms with Gasteiger partial charge in [-0.1, -0.05) is 37.6 Å². The van der Waals surface area contributed by atoms with E-state index in [0.717, 1.165) is 5.56 Å². The van der Waals surface area contributed by atoms with Crippen molar-refractivity contribution in [2.75, 3.05) is 5.32 Å². The number of anilines is 1. The van der Waals surface area contributed by atoms with Crippen LogP contribution in [0.3, 0.4) is 0 Å². The summed E-state index contributed by atoms with van der Waals surface area (Å²) in [5, 5.41) is 10.0. The normalized spacial score (nSPS) is 12.2. The van der Waals surface area contributed by atoms with Gasteiger partial charge in [-0.25, -0.2) is 9.50 Å². The van der Waals surface area contributed by atoms with Crippen molar-refractivity contribution in [1.29, 1.82) is 0 Å². The number of carbonyl (C=O) groups excluding carboxylic acids is 2. The number of benzene rings is 1. The summed E-state index contributed by atoms with van der Waals surface area (Å²) in [5.41, 5.74) is 1.72. The van der Waals surface area contributed by atoms with Crippen molar-refractivity contribution in [3.05, 3.63) is 59.5 Å². The molecule has 3 aromatic rings. The SMILES string of the molecule is CC(C)C(NC(=O)C(=O)Nc1cnn2cccnc12)c1ccc(Cl)cc1. The van der Waals surface area contributed by atoms with Gasteiger partial charge in [0.15, 0.2) is 5.65 Å². The van der Waals surface area contributed by atoms with Gasteiger partial charge in [-0.2, -0.15) is 5.10 Å². The van der Waals surface area contributed by atoms with Crippen molar-refractivity contribution in [1.82, 2.24) is 19.9 Å². The summed E-state index contributed by atoms with van der Waals surface area (Å²) >= 11 is 5.91. The van der Waals surface area contributed by atoms with E-state index >= 15 is 0 Å². The van der Waals surface area contributed by atoms with Gasteiger partial charge in [-0.15, -0.1) is 0 Å². The predicted octanol–water partition coefficient (Wildman–Crippen LogP) is 2.83. The molecule has 0 aliphatic carbocycles. The second-order valence-corrected chi connectivity index (χ2v) is 6.58. The molecule has 26 heavy (non-hydrogen) atoms. The van der Waals surface area contributed by atoms with E-state index in [9.17, 15) is 9.59 Å². The van der Waals surface area contributed by atoms with E-state index in [1.165, 1.54) is 10.7 Å². The fourth-order valence-electron chi connectivity index (χ4n) is 2.61. The minimum absolute atomic E-state index is 0.0894. The van der Waals surface area contributed by atoms with Crippen molar-refractivity contribution in [2.45, 2.75) is 19.9 Å². The fraction of sp³-hybridized carbons (Fsp3) is 0.222. The molecule has 0 fully saturated rings.